The van der Waals surface area contributed by atoms with Gasteiger partial charge in [0, 0.05) is 30.7 Å². The van der Waals surface area contributed by atoms with Crippen LogP contribution >= 0.6 is 0 Å². The summed E-state index contributed by atoms with van der Waals surface area (Å²) < 4.78 is 40.2. The number of benzene rings is 1. The van der Waals surface area contributed by atoms with Gasteiger partial charge >= 0.3 is 12.2 Å². The van der Waals surface area contributed by atoms with Crippen molar-refractivity contribution in [2.24, 2.45) is 7.05 Å². The number of nitrogens with zero attached hydrogens (tertiary/aromatic N) is 2. The van der Waals surface area contributed by atoms with Crippen LogP contribution in [0.15, 0.2) is 42.6 Å². The maximum absolute atomic E-state index is 12.8. The number of hydrogen-bond acceptors (Lipinski definition) is 1. The first-order valence-corrected chi connectivity index (χ1v) is 7.69. The van der Waals surface area contributed by atoms with Gasteiger partial charge in [0.25, 0.3) is 0 Å². The van der Waals surface area contributed by atoms with E-state index in [0.29, 0.717) is 6.54 Å². The third kappa shape index (κ3) is 3.72. The normalized spacial score (nSPS) is 14.5. The average Bonchev–Trinajstić information content (AvgIpc) is 3.27. The van der Waals surface area contributed by atoms with E-state index in [0.717, 1.165) is 30.7 Å². The van der Waals surface area contributed by atoms with Gasteiger partial charge in [0.2, 0.25) is 0 Å². The van der Waals surface area contributed by atoms with E-state index in [4.69, 9.17) is 0 Å². The molecular formula is C17H18F3N3O. The lowest BCUT2D eigenvalue weighted by molar-refractivity contribution is -0.137. The van der Waals surface area contributed by atoms with Crippen LogP contribution in [-0.4, -0.2) is 21.5 Å². The fourth-order valence-electron chi connectivity index (χ4n) is 2.56. The number of carbonyl (C=O) groups excluding carboxylic acids is 1. The summed E-state index contributed by atoms with van der Waals surface area (Å²) in [6, 6.07) is 8.27. The zero-order valence-electron chi connectivity index (χ0n) is 13.2. The van der Waals surface area contributed by atoms with Crippen LogP contribution in [0.25, 0.3) is 0 Å². The highest BCUT2D eigenvalue weighted by Gasteiger charge is 2.34. The maximum atomic E-state index is 12.8. The molecule has 128 valence electrons. The van der Waals surface area contributed by atoms with E-state index in [1.807, 2.05) is 29.9 Å². The first kappa shape index (κ1) is 16.4. The smallest absolute Gasteiger partial charge is 0.353 e. The monoisotopic (exact) mass is 337 g/mol. The molecule has 1 saturated carbocycles. The summed E-state index contributed by atoms with van der Waals surface area (Å²) in [5.74, 6) is 0. The van der Waals surface area contributed by atoms with Crippen LogP contribution in [-0.2, 0) is 19.8 Å². The summed E-state index contributed by atoms with van der Waals surface area (Å²) in [6.07, 6.45) is -0.702. The Hall–Kier alpha value is -2.44. The van der Waals surface area contributed by atoms with Gasteiger partial charge in [0.15, 0.2) is 0 Å². The Labute approximate surface area is 137 Å². The van der Waals surface area contributed by atoms with E-state index in [-0.39, 0.29) is 17.8 Å². The second kappa shape index (κ2) is 6.22. The van der Waals surface area contributed by atoms with Crippen molar-refractivity contribution in [2.45, 2.75) is 31.6 Å². The van der Waals surface area contributed by atoms with Crippen molar-refractivity contribution in [1.29, 1.82) is 0 Å². The molecule has 3 rings (SSSR count). The number of nitrogens with one attached hydrogen (secondary N) is 1. The molecule has 0 spiro atoms. The number of carbonyl (C=O) groups is 1. The number of alkyl halides is 3. The third-order valence-electron chi connectivity index (χ3n) is 4.07. The zero-order chi connectivity index (χ0) is 17.3. The zero-order valence-corrected chi connectivity index (χ0v) is 13.2. The summed E-state index contributed by atoms with van der Waals surface area (Å²) in [6.45, 7) is 0.430. The topological polar surface area (TPSA) is 37.3 Å². The van der Waals surface area contributed by atoms with Gasteiger partial charge in [-0.15, -0.1) is 0 Å². The molecule has 2 amide bonds. The molecule has 0 bridgehead atoms. The van der Waals surface area contributed by atoms with Gasteiger partial charge in [-0.2, -0.15) is 13.2 Å². The SMILES string of the molecule is Cn1cccc1CN(C(=O)Nc1cccc(C(F)(F)F)c1)C1CC1. The standard InChI is InChI=1S/C17H18F3N3O/c1-22-9-3-6-15(22)11-23(14-7-8-14)16(24)21-13-5-2-4-12(10-13)17(18,19)20/h2-6,9-10,14H,7-8,11H2,1H3,(H,21,24). The van der Waals surface area contributed by atoms with E-state index in [1.165, 1.54) is 12.1 Å². The molecule has 0 radical (unpaired) electrons. The summed E-state index contributed by atoms with van der Waals surface area (Å²) in [5.41, 5.74) is 0.342. The number of amides is 2. The van der Waals surface area contributed by atoms with Crippen LogP contribution in [0.4, 0.5) is 23.7 Å². The Bertz CT molecular complexity index is 735. The highest BCUT2D eigenvalue weighted by atomic mass is 19.4. The van der Waals surface area contributed by atoms with Crippen LogP contribution in [0, 0.1) is 0 Å². The van der Waals surface area contributed by atoms with Gasteiger partial charge in [0.05, 0.1) is 12.1 Å². The van der Waals surface area contributed by atoms with Crippen LogP contribution in [0.1, 0.15) is 24.1 Å². The number of halogens is 3. The van der Waals surface area contributed by atoms with Gasteiger partial charge in [-0.05, 0) is 43.2 Å². The molecule has 24 heavy (non-hydrogen) atoms. The van der Waals surface area contributed by atoms with Crippen molar-refractivity contribution in [3.8, 4) is 0 Å². The fraction of sp³-hybridized carbons (Fsp3) is 0.353. The van der Waals surface area contributed by atoms with Crippen LogP contribution in [0.2, 0.25) is 0 Å². The molecular weight excluding hydrogens is 319 g/mol. The minimum atomic E-state index is -4.43. The Balaban J connectivity index is 1.73. The van der Waals surface area contributed by atoms with Crippen LogP contribution in [0.3, 0.4) is 0 Å². The summed E-state index contributed by atoms with van der Waals surface area (Å²) >= 11 is 0. The largest absolute Gasteiger partial charge is 0.416 e. The van der Waals surface area contributed by atoms with E-state index >= 15 is 0 Å². The second-order valence-corrected chi connectivity index (χ2v) is 5.98. The highest BCUT2D eigenvalue weighted by Crippen LogP contribution is 2.32. The molecule has 1 aromatic carbocycles. The Kier molecular flexibility index (Phi) is 4.26. The minimum absolute atomic E-state index is 0.144. The molecule has 7 heteroatoms. The number of aryl methyl sites for hydroxylation is 1. The molecule has 1 aliphatic rings. The minimum Gasteiger partial charge on any atom is -0.353 e. The lowest BCUT2D eigenvalue weighted by Crippen LogP contribution is -2.36. The van der Waals surface area contributed by atoms with Crippen molar-refractivity contribution in [3.05, 3.63) is 53.9 Å². The number of hydrogen-bond donors (Lipinski definition) is 1. The lowest BCUT2D eigenvalue weighted by atomic mass is 10.2. The Morgan fingerprint density at radius 3 is 2.62 bits per heavy atom. The predicted octanol–water partition coefficient (Wildman–Crippen LogP) is 4.24. The van der Waals surface area contributed by atoms with E-state index in [9.17, 15) is 18.0 Å². The Morgan fingerprint density at radius 1 is 1.29 bits per heavy atom. The molecule has 0 unspecified atom stereocenters. The van der Waals surface area contributed by atoms with Gasteiger partial charge in [-0.25, -0.2) is 4.79 Å². The number of anilines is 1. The molecule has 1 heterocycles. The van der Waals surface area contributed by atoms with Crippen molar-refractivity contribution in [1.82, 2.24) is 9.47 Å². The molecule has 1 aliphatic carbocycles. The molecule has 1 aromatic heterocycles. The molecule has 0 aliphatic heterocycles. The maximum Gasteiger partial charge on any atom is 0.416 e. The number of urea groups is 1. The van der Waals surface area contributed by atoms with Crippen LogP contribution in [0.5, 0.6) is 0 Å². The number of rotatable bonds is 4. The average molecular weight is 337 g/mol. The molecule has 1 fully saturated rings. The summed E-state index contributed by atoms with van der Waals surface area (Å²) in [4.78, 5) is 14.2. The molecule has 0 atom stereocenters. The molecule has 4 nitrogen and oxygen atoms in total. The Morgan fingerprint density at radius 2 is 2.04 bits per heavy atom. The van der Waals surface area contributed by atoms with Crippen molar-refractivity contribution >= 4 is 11.7 Å². The lowest BCUT2D eigenvalue weighted by Gasteiger charge is -2.23. The van der Waals surface area contributed by atoms with Crippen molar-refractivity contribution < 1.29 is 18.0 Å². The van der Waals surface area contributed by atoms with Gasteiger partial charge < -0.3 is 14.8 Å². The second-order valence-electron chi connectivity index (χ2n) is 5.98. The highest BCUT2D eigenvalue weighted by molar-refractivity contribution is 5.89. The molecule has 2 aromatic rings. The van der Waals surface area contributed by atoms with Crippen molar-refractivity contribution in [3.63, 3.8) is 0 Å². The molecule has 1 N–H and O–H groups in total. The van der Waals surface area contributed by atoms with Gasteiger partial charge in [-0.3, -0.25) is 0 Å². The first-order valence-electron chi connectivity index (χ1n) is 7.69. The van der Waals surface area contributed by atoms with Crippen LogP contribution < -0.4 is 5.32 Å². The first-order chi connectivity index (χ1) is 11.3. The van der Waals surface area contributed by atoms with E-state index in [2.05, 4.69) is 5.32 Å². The van der Waals surface area contributed by atoms with Gasteiger partial charge in [0.1, 0.15) is 0 Å². The molecule has 0 saturated heterocycles. The van der Waals surface area contributed by atoms with E-state index in [1.54, 1.807) is 4.90 Å². The fourth-order valence-corrected chi connectivity index (χ4v) is 2.56. The number of aromatic nitrogens is 1. The third-order valence-corrected chi connectivity index (χ3v) is 4.07. The van der Waals surface area contributed by atoms with E-state index < -0.39 is 11.7 Å². The summed E-state index contributed by atoms with van der Waals surface area (Å²) in [5, 5.41) is 2.59. The van der Waals surface area contributed by atoms with Crippen molar-refractivity contribution in [2.75, 3.05) is 5.32 Å². The quantitative estimate of drug-likeness (QED) is 0.890. The predicted molar refractivity (Wildman–Crippen MR) is 84.4 cm³/mol. The summed E-state index contributed by atoms with van der Waals surface area (Å²) in [7, 11) is 1.89. The van der Waals surface area contributed by atoms with Gasteiger partial charge in [-0.1, -0.05) is 6.07 Å².